The van der Waals surface area contributed by atoms with Crippen molar-refractivity contribution in [2.24, 2.45) is 0 Å². The van der Waals surface area contributed by atoms with Gasteiger partial charge in [0.1, 0.15) is 16.2 Å². The number of aromatic nitrogens is 2. The van der Waals surface area contributed by atoms with Gasteiger partial charge in [0.15, 0.2) is 0 Å². The van der Waals surface area contributed by atoms with E-state index in [-0.39, 0.29) is 11.6 Å². The van der Waals surface area contributed by atoms with Crippen molar-refractivity contribution < 1.29 is 4.92 Å². The van der Waals surface area contributed by atoms with Crippen molar-refractivity contribution in [1.29, 1.82) is 0 Å². The van der Waals surface area contributed by atoms with Gasteiger partial charge in [-0.05, 0) is 21.5 Å². The minimum atomic E-state index is -0.409. The molecule has 0 saturated heterocycles. The summed E-state index contributed by atoms with van der Waals surface area (Å²) in [6, 6.07) is 8.24. The van der Waals surface area contributed by atoms with E-state index < -0.39 is 4.92 Å². The third-order valence-corrected chi connectivity index (χ3v) is 3.26. The molecule has 0 aliphatic carbocycles. The maximum absolute atomic E-state index is 10.6. The molecule has 0 bridgehead atoms. The van der Waals surface area contributed by atoms with Gasteiger partial charge in [0.05, 0.1) is 4.92 Å². The first-order valence-electron chi connectivity index (χ1n) is 6.47. The van der Waals surface area contributed by atoms with Crippen molar-refractivity contribution in [1.82, 2.24) is 9.97 Å². The zero-order valence-electron chi connectivity index (χ0n) is 11.7. The van der Waals surface area contributed by atoms with Gasteiger partial charge in [0, 0.05) is 30.7 Å². The fraction of sp³-hybridized carbons (Fsp3) is 0.286. The number of nitro groups is 1. The van der Waals surface area contributed by atoms with Crippen molar-refractivity contribution >= 4 is 27.4 Å². The van der Waals surface area contributed by atoms with Crippen molar-refractivity contribution in [3.63, 3.8) is 0 Å². The Kier molecular flexibility index (Phi) is 4.85. The number of non-ortho nitro benzene ring substituents is 1. The van der Waals surface area contributed by atoms with Crippen molar-refractivity contribution in [3.8, 4) is 0 Å². The molecule has 0 amide bonds. The molecule has 0 aliphatic rings. The predicted molar refractivity (Wildman–Crippen MR) is 84.2 cm³/mol. The molecule has 6 nitrogen and oxygen atoms in total. The molecule has 0 radical (unpaired) electrons. The largest absolute Gasteiger partial charge is 0.366 e. The van der Waals surface area contributed by atoms with Gasteiger partial charge in [-0.3, -0.25) is 10.1 Å². The summed E-state index contributed by atoms with van der Waals surface area (Å²) in [4.78, 5) is 18.9. The van der Waals surface area contributed by atoms with Crippen LogP contribution in [0.15, 0.2) is 34.9 Å². The standard InChI is InChI=1S/C14H15BrN4O2/c1-9(2)14-17-12(15)7-13(18-14)16-8-10-3-5-11(6-4-10)19(20)21/h3-7,9H,8H2,1-2H3,(H,16,17,18). The van der Waals surface area contributed by atoms with E-state index in [0.717, 1.165) is 21.8 Å². The topological polar surface area (TPSA) is 81.0 Å². The number of anilines is 1. The average molecular weight is 351 g/mol. The van der Waals surface area contributed by atoms with Crippen LogP contribution in [-0.2, 0) is 6.54 Å². The van der Waals surface area contributed by atoms with E-state index in [1.807, 2.05) is 13.8 Å². The van der Waals surface area contributed by atoms with E-state index in [1.165, 1.54) is 12.1 Å². The fourth-order valence-electron chi connectivity index (χ4n) is 1.71. The Morgan fingerprint density at radius 1 is 1.29 bits per heavy atom. The maximum atomic E-state index is 10.6. The van der Waals surface area contributed by atoms with E-state index >= 15 is 0 Å². The quantitative estimate of drug-likeness (QED) is 0.502. The van der Waals surface area contributed by atoms with Crippen LogP contribution in [0.25, 0.3) is 0 Å². The zero-order chi connectivity index (χ0) is 15.4. The molecule has 0 aliphatic heterocycles. The molecule has 0 spiro atoms. The van der Waals surface area contributed by atoms with Crippen LogP contribution in [0, 0.1) is 10.1 Å². The summed E-state index contributed by atoms with van der Waals surface area (Å²) in [5, 5.41) is 13.8. The van der Waals surface area contributed by atoms with Gasteiger partial charge in [-0.2, -0.15) is 0 Å². The van der Waals surface area contributed by atoms with Crippen LogP contribution < -0.4 is 5.32 Å². The molecule has 1 N–H and O–H groups in total. The summed E-state index contributed by atoms with van der Waals surface area (Å²) in [5.74, 6) is 1.72. The van der Waals surface area contributed by atoms with Crippen LogP contribution in [-0.4, -0.2) is 14.9 Å². The fourth-order valence-corrected chi connectivity index (χ4v) is 2.11. The Labute approximate surface area is 130 Å². The molecule has 2 rings (SSSR count). The third kappa shape index (κ3) is 4.22. The molecular formula is C14H15BrN4O2. The summed E-state index contributed by atoms with van der Waals surface area (Å²) in [6.07, 6.45) is 0. The smallest absolute Gasteiger partial charge is 0.269 e. The Morgan fingerprint density at radius 2 is 1.95 bits per heavy atom. The average Bonchev–Trinajstić information content (AvgIpc) is 2.45. The molecule has 21 heavy (non-hydrogen) atoms. The monoisotopic (exact) mass is 350 g/mol. The van der Waals surface area contributed by atoms with Crippen LogP contribution in [0.1, 0.15) is 31.2 Å². The molecule has 1 aromatic heterocycles. The van der Waals surface area contributed by atoms with E-state index in [0.29, 0.717) is 6.54 Å². The van der Waals surface area contributed by atoms with Gasteiger partial charge in [0.25, 0.3) is 5.69 Å². The van der Waals surface area contributed by atoms with E-state index in [4.69, 9.17) is 0 Å². The van der Waals surface area contributed by atoms with E-state index in [1.54, 1.807) is 18.2 Å². The normalized spacial score (nSPS) is 10.7. The molecule has 0 fully saturated rings. The van der Waals surface area contributed by atoms with Gasteiger partial charge >= 0.3 is 0 Å². The summed E-state index contributed by atoms with van der Waals surface area (Å²) < 4.78 is 0.729. The van der Waals surface area contributed by atoms with Crippen LogP contribution >= 0.6 is 15.9 Å². The van der Waals surface area contributed by atoms with Crippen LogP contribution in [0.2, 0.25) is 0 Å². The lowest BCUT2D eigenvalue weighted by molar-refractivity contribution is -0.384. The van der Waals surface area contributed by atoms with E-state index in [2.05, 4.69) is 31.2 Å². The number of benzene rings is 1. The summed E-state index contributed by atoms with van der Waals surface area (Å²) in [6.45, 7) is 4.60. The Balaban J connectivity index is 2.07. The molecule has 110 valence electrons. The van der Waals surface area contributed by atoms with Crippen molar-refractivity contribution in [3.05, 3.63) is 56.4 Å². The molecule has 1 heterocycles. The highest BCUT2D eigenvalue weighted by Gasteiger charge is 2.07. The van der Waals surface area contributed by atoms with Crippen LogP contribution in [0.5, 0.6) is 0 Å². The minimum Gasteiger partial charge on any atom is -0.366 e. The zero-order valence-corrected chi connectivity index (χ0v) is 13.3. The lowest BCUT2D eigenvalue weighted by Gasteiger charge is -2.09. The van der Waals surface area contributed by atoms with Gasteiger partial charge in [0.2, 0.25) is 0 Å². The Morgan fingerprint density at radius 3 is 2.52 bits per heavy atom. The lowest BCUT2D eigenvalue weighted by Crippen LogP contribution is -2.05. The highest BCUT2D eigenvalue weighted by atomic mass is 79.9. The number of nitrogens with one attached hydrogen (secondary N) is 1. The summed E-state index contributed by atoms with van der Waals surface area (Å²) in [5.41, 5.74) is 1.03. The number of rotatable bonds is 5. The molecule has 0 atom stereocenters. The lowest BCUT2D eigenvalue weighted by atomic mass is 10.2. The first-order valence-corrected chi connectivity index (χ1v) is 7.26. The first-order chi connectivity index (χ1) is 9.95. The first kappa shape index (κ1) is 15.4. The van der Waals surface area contributed by atoms with Gasteiger partial charge in [-0.1, -0.05) is 26.0 Å². The number of halogens is 1. The highest BCUT2D eigenvalue weighted by Crippen LogP contribution is 2.18. The number of nitro benzene ring substituents is 1. The Bertz CT molecular complexity index is 644. The minimum absolute atomic E-state index is 0.0885. The number of hydrogen-bond acceptors (Lipinski definition) is 5. The molecule has 1 aromatic carbocycles. The highest BCUT2D eigenvalue weighted by molar-refractivity contribution is 9.10. The van der Waals surface area contributed by atoms with Gasteiger partial charge in [-0.25, -0.2) is 9.97 Å². The molecule has 7 heteroatoms. The van der Waals surface area contributed by atoms with Crippen molar-refractivity contribution in [2.45, 2.75) is 26.3 Å². The number of hydrogen-bond donors (Lipinski definition) is 1. The van der Waals surface area contributed by atoms with Gasteiger partial charge < -0.3 is 5.32 Å². The predicted octanol–water partition coefficient (Wildman–Crippen LogP) is 3.88. The van der Waals surface area contributed by atoms with Crippen LogP contribution in [0.4, 0.5) is 11.5 Å². The number of nitrogens with zero attached hydrogens (tertiary/aromatic N) is 3. The summed E-state index contributed by atoms with van der Waals surface area (Å²) in [7, 11) is 0. The third-order valence-electron chi connectivity index (χ3n) is 2.85. The van der Waals surface area contributed by atoms with Crippen molar-refractivity contribution in [2.75, 3.05) is 5.32 Å². The molecule has 2 aromatic rings. The Hall–Kier alpha value is -2.02. The summed E-state index contributed by atoms with van der Waals surface area (Å²) >= 11 is 3.37. The maximum Gasteiger partial charge on any atom is 0.269 e. The second-order valence-electron chi connectivity index (χ2n) is 4.87. The van der Waals surface area contributed by atoms with Crippen LogP contribution in [0.3, 0.4) is 0 Å². The molecule has 0 saturated carbocycles. The molecule has 0 unspecified atom stereocenters. The molecular weight excluding hydrogens is 336 g/mol. The SMILES string of the molecule is CC(C)c1nc(Br)cc(NCc2ccc([N+](=O)[O-])cc2)n1. The second kappa shape index (κ2) is 6.62. The van der Waals surface area contributed by atoms with Gasteiger partial charge in [-0.15, -0.1) is 0 Å². The second-order valence-corrected chi connectivity index (χ2v) is 5.68. The van der Waals surface area contributed by atoms with E-state index in [9.17, 15) is 10.1 Å².